The molecule has 1 aliphatic heterocycles. The third-order valence-corrected chi connectivity index (χ3v) is 5.62. The van der Waals surface area contributed by atoms with Gasteiger partial charge in [0, 0.05) is 48.1 Å². The lowest BCUT2D eigenvalue weighted by atomic mass is 10.1. The van der Waals surface area contributed by atoms with E-state index in [9.17, 15) is 4.79 Å². The van der Waals surface area contributed by atoms with Crippen molar-refractivity contribution in [3.63, 3.8) is 0 Å². The molecule has 1 amide bonds. The summed E-state index contributed by atoms with van der Waals surface area (Å²) in [5, 5.41) is 5.01. The van der Waals surface area contributed by atoms with E-state index in [2.05, 4.69) is 19.7 Å². The minimum absolute atomic E-state index is 0.00790. The summed E-state index contributed by atoms with van der Waals surface area (Å²) < 4.78 is 13.3. The SMILES string of the molecule is Cc1c(C(=O)N2CCO[C@@H](c3nc(-c4ccncc4)no3)C2)c2ccccc2n1C. The predicted molar refractivity (Wildman–Crippen MR) is 110 cm³/mol. The largest absolute Gasteiger partial charge is 0.365 e. The Morgan fingerprint density at radius 3 is 2.80 bits per heavy atom. The minimum atomic E-state index is -0.457. The molecule has 0 bridgehead atoms. The third-order valence-electron chi connectivity index (χ3n) is 5.62. The maximum atomic E-state index is 13.4. The minimum Gasteiger partial charge on any atom is -0.365 e. The molecule has 0 spiro atoms. The van der Waals surface area contributed by atoms with Crippen LogP contribution < -0.4 is 0 Å². The van der Waals surface area contributed by atoms with Gasteiger partial charge in [0.05, 0.1) is 18.7 Å². The highest BCUT2D eigenvalue weighted by Crippen LogP contribution is 2.29. The topological polar surface area (TPSA) is 86.3 Å². The number of ether oxygens (including phenoxy) is 1. The van der Waals surface area contributed by atoms with Crippen LogP contribution in [0.2, 0.25) is 0 Å². The molecule has 8 heteroatoms. The molecule has 0 saturated carbocycles. The summed E-state index contributed by atoms with van der Waals surface area (Å²) in [6, 6.07) is 11.6. The first-order valence-electron chi connectivity index (χ1n) is 9.82. The molecular weight excluding hydrogens is 382 g/mol. The number of aryl methyl sites for hydroxylation is 1. The van der Waals surface area contributed by atoms with Gasteiger partial charge in [-0.1, -0.05) is 23.4 Å². The van der Waals surface area contributed by atoms with Crippen LogP contribution in [0, 0.1) is 6.92 Å². The predicted octanol–water partition coefficient (Wildman–Crippen LogP) is 3.15. The molecule has 0 radical (unpaired) electrons. The van der Waals surface area contributed by atoms with Gasteiger partial charge < -0.3 is 18.7 Å². The van der Waals surface area contributed by atoms with E-state index in [0.29, 0.717) is 31.4 Å². The molecule has 0 N–H and O–H groups in total. The highest BCUT2D eigenvalue weighted by atomic mass is 16.5. The van der Waals surface area contributed by atoms with Gasteiger partial charge in [-0.2, -0.15) is 4.98 Å². The fourth-order valence-electron chi connectivity index (χ4n) is 3.92. The van der Waals surface area contributed by atoms with E-state index < -0.39 is 6.10 Å². The number of morpholine rings is 1. The first kappa shape index (κ1) is 18.5. The van der Waals surface area contributed by atoms with Crippen molar-refractivity contribution in [1.29, 1.82) is 0 Å². The van der Waals surface area contributed by atoms with E-state index >= 15 is 0 Å². The molecule has 1 aromatic carbocycles. The van der Waals surface area contributed by atoms with E-state index in [1.165, 1.54) is 0 Å². The van der Waals surface area contributed by atoms with Crippen LogP contribution in [-0.2, 0) is 11.8 Å². The van der Waals surface area contributed by atoms with Crippen LogP contribution in [0.25, 0.3) is 22.3 Å². The summed E-state index contributed by atoms with van der Waals surface area (Å²) in [7, 11) is 1.98. The van der Waals surface area contributed by atoms with Crippen LogP contribution >= 0.6 is 0 Å². The van der Waals surface area contributed by atoms with Crippen LogP contribution in [0.1, 0.15) is 28.0 Å². The van der Waals surface area contributed by atoms with Crippen LogP contribution in [0.5, 0.6) is 0 Å². The maximum absolute atomic E-state index is 13.4. The zero-order valence-corrected chi connectivity index (χ0v) is 16.8. The molecule has 5 rings (SSSR count). The molecule has 1 saturated heterocycles. The second-order valence-electron chi connectivity index (χ2n) is 7.34. The fraction of sp³-hybridized carbons (Fsp3) is 0.273. The van der Waals surface area contributed by atoms with Gasteiger partial charge in [0.15, 0.2) is 6.10 Å². The van der Waals surface area contributed by atoms with Gasteiger partial charge in [0.25, 0.3) is 11.8 Å². The van der Waals surface area contributed by atoms with E-state index in [0.717, 1.165) is 27.7 Å². The van der Waals surface area contributed by atoms with Gasteiger partial charge >= 0.3 is 0 Å². The Morgan fingerprint density at radius 2 is 1.97 bits per heavy atom. The Labute approximate surface area is 173 Å². The first-order valence-corrected chi connectivity index (χ1v) is 9.82. The third kappa shape index (κ3) is 3.05. The van der Waals surface area contributed by atoms with Crippen molar-refractivity contribution < 1.29 is 14.1 Å². The molecule has 3 aromatic heterocycles. The number of nitrogens with zero attached hydrogens (tertiary/aromatic N) is 5. The lowest BCUT2D eigenvalue weighted by Gasteiger charge is -2.31. The lowest BCUT2D eigenvalue weighted by Crippen LogP contribution is -2.42. The Morgan fingerprint density at radius 1 is 1.17 bits per heavy atom. The summed E-state index contributed by atoms with van der Waals surface area (Å²) in [5.41, 5.74) is 3.54. The van der Waals surface area contributed by atoms with E-state index in [4.69, 9.17) is 9.26 Å². The Balaban J connectivity index is 1.41. The van der Waals surface area contributed by atoms with E-state index in [-0.39, 0.29) is 5.91 Å². The number of para-hydroxylation sites is 1. The van der Waals surface area contributed by atoms with Gasteiger partial charge in [-0.25, -0.2) is 0 Å². The summed E-state index contributed by atoms with van der Waals surface area (Å²) in [5.74, 6) is 0.838. The molecule has 152 valence electrons. The highest BCUT2D eigenvalue weighted by Gasteiger charge is 2.32. The van der Waals surface area contributed by atoms with Crippen LogP contribution in [-0.4, -0.2) is 50.2 Å². The van der Waals surface area contributed by atoms with E-state index in [1.54, 1.807) is 17.3 Å². The van der Waals surface area contributed by atoms with Crippen molar-refractivity contribution >= 4 is 16.8 Å². The Hall–Kier alpha value is -3.52. The van der Waals surface area contributed by atoms with Crippen LogP contribution in [0.3, 0.4) is 0 Å². The number of hydrogen-bond donors (Lipinski definition) is 0. The monoisotopic (exact) mass is 403 g/mol. The number of fused-ring (bicyclic) bond motifs is 1. The molecule has 0 unspecified atom stereocenters. The zero-order chi connectivity index (χ0) is 20.7. The number of carbonyl (C=O) groups is 1. The average Bonchev–Trinajstić information content (AvgIpc) is 3.38. The zero-order valence-electron chi connectivity index (χ0n) is 16.8. The standard InChI is InChI=1S/C22H21N5O3/c1-14-19(16-5-3-4-6-17(16)26(14)2)22(28)27-11-12-29-18(13-27)21-24-20(25-30-21)15-7-9-23-10-8-15/h3-10,18H,11-13H2,1-2H3/t18-/m1/s1. The van der Waals surface area contributed by atoms with E-state index in [1.807, 2.05) is 50.4 Å². The summed E-state index contributed by atoms with van der Waals surface area (Å²) in [6.45, 7) is 3.26. The molecule has 1 atom stereocenters. The lowest BCUT2D eigenvalue weighted by molar-refractivity contribution is -0.0367. The molecular formula is C22H21N5O3. The fourth-order valence-corrected chi connectivity index (χ4v) is 3.92. The number of amides is 1. The normalized spacial score (nSPS) is 16.9. The number of rotatable bonds is 3. The Kier molecular flexibility index (Phi) is 4.55. The highest BCUT2D eigenvalue weighted by molar-refractivity contribution is 6.08. The van der Waals surface area contributed by atoms with Gasteiger partial charge in [0.2, 0.25) is 5.82 Å². The van der Waals surface area contributed by atoms with Gasteiger partial charge in [0.1, 0.15) is 0 Å². The molecule has 8 nitrogen and oxygen atoms in total. The quantitative estimate of drug-likeness (QED) is 0.522. The summed E-state index contributed by atoms with van der Waals surface area (Å²) in [6.07, 6.45) is 2.89. The first-order chi connectivity index (χ1) is 14.6. The maximum Gasteiger partial charge on any atom is 0.257 e. The van der Waals surface area contributed by atoms with Crippen molar-refractivity contribution in [3.05, 3.63) is 65.9 Å². The van der Waals surface area contributed by atoms with Crippen LogP contribution in [0.15, 0.2) is 53.3 Å². The van der Waals surface area contributed by atoms with Gasteiger partial charge in [-0.3, -0.25) is 9.78 Å². The van der Waals surface area contributed by atoms with Gasteiger partial charge in [-0.15, -0.1) is 0 Å². The molecule has 0 aliphatic carbocycles. The van der Waals surface area contributed by atoms with Crippen molar-refractivity contribution in [3.8, 4) is 11.4 Å². The molecule has 1 aliphatic rings. The number of pyridine rings is 1. The van der Waals surface area contributed by atoms with Crippen molar-refractivity contribution in [2.24, 2.45) is 7.05 Å². The number of benzene rings is 1. The molecule has 4 aromatic rings. The molecule has 30 heavy (non-hydrogen) atoms. The number of hydrogen-bond acceptors (Lipinski definition) is 6. The second-order valence-corrected chi connectivity index (χ2v) is 7.34. The van der Waals surface area contributed by atoms with Crippen molar-refractivity contribution in [2.45, 2.75) is 13.0 Å². The molecule has 1 fully saturated rings. The number of carbonyl (C=O) groups excluding carboxylic acids is 1. The second kappa shape index (κ2) is 7.38. The van der Waals surface area contributed by atoms with Crippen molar-refractivity contribution in [1.82, 2.24) is 24.6 Å². The Bertz CT molecular complexity index is 1210. The van der Waals surface area contributed by atoms with Crippen molar-refractivity contribution in [2.75, 3.05) is 19.7 Å². The summed E-state index contributed by atoms with van der Waals surface area (Å²) >= 11 is 0. The van der Waals surface area contributed by atoms with Gasteiger partial charge in [-0.05, 0) is 25.1 Å². The number of aromatic nitrogens is 4. The summed E-state index contributed by atoms with van der Waals surface area (Å²) in [4.78, 5) is 23.7. The smallest absolute Gasteiger partial charge is 0.257 e. The van der Waals surface area contributed by atoms with Crippen LogP contribution in [0.4, 0.5) is 0 Å². The average molecular weight is 403 g/mol. The molecule has 4 heterocycles.